The Morgan fingerprint density at radius 3 is 2.00 bits per heavy atom. The summed E-state index contributed by atoms with van der Waals surface area (Å²) in [5.41, 5.74) is 8.19. The van der Waals surface area contributed by atoms with Crippen molar-refractivity contribution in [1.82, 2.24) is 14.7 Å². The van der Waals surface area contributed by atoms with Gasteiger partial charge in [-0.3, -0.25) is 4.90 Å². The van der Waals surface area contributed by atoms with Gasteiger partial charge in [0.25, 0.3) is 0 Å². The third-order valence-electron chi connectivity index (χ3n) is 3.91. The zero-order valence-electron chi connectivity index (χ0n) is 12.2. The van der Waals surface area contributed by atoms with Crippen molar-refractivity contribution in [3.63, 3.8) is 0 Å². The maximum atomic E-state index is 6.05. The zero-order valence-corrected chi connectivity index (χ0v) is 12.2. The van der Waals surface area contributed by atoms with Crippen LogP contribution in [0.1, 0.15) is 5.56 Å². The van der Waals surface area contributed by atoms with Crippen LogP contribution in [0.4, 0.5) is 5.69 Å². The van der Waals surface area contributed by atoms with Crippen LogP contribution in [-0.2, 0) is 6.54 Å². The predicted octanol–water partition coefficient (Wildman–Crippen LogP) is 0.948. The first-order valence-electron chi connectivity index (χ1n) is 7.08. The Kier molecular flexibility index (Phi) is 5.19. The average molecular weight is 262 g/mol. The fourth-order valence-electron chi connectivity index (χ4n) is 2.38. The number of nitrogen functional groups attached to an aromatic ring is 1. The highest BCUT2D eigenvalue weighted by Gasteiger charge is 2.13. The molecule has 4 heteroatoms. The Morgan fingerprint density at radius 2 is 1.42 bits per heavy atom. The average Bonchev–Trinajstić information content (AvgIpc) is 2.47. The number of rotatable bonds is 2. The van der Waals surface area contributed by atoms with Gasteiger partial charge in [-0.2, -0.15) is 0 Å². The van der Waals surface area contributed by atoms with Crippen molar-refractivity contribution in [2.24, 2.45) is 0 Å². The van der Waals surface area contributed by atoms with Crippen molar-refractivity contribution >= 4 is 5.69 Å². The van der Waals surface area contributed by atoms with Gasteiger partial charge >= 0.3 is 0 Å². The minimum absolute atomic E-state index is 0.907. The molecule has 4 nitrogen and oxygen atoms in total. The third-order valence-corrected chi connectivity index (χ3v) is 3.91. The van der Waals surface area contributed by atoms with Crippen molar-refractivity contribution in [2.45, 2.75) is 6.54 Å². The van der Waals surface area contributed by atoms with Gasteiger partial charge < -0.3 is 15.5 Å². The van der Waals surface area contributed by atoms with E-state index in [1.807, 2.05) is 12.1 Å². The van der Waals surface area contributed by atoms with Crippen molar-refractivity contribution in [1.29, 1.82) is 0 Å². The lowest BCUT2D eigenvalue weighted by atomic mass is 10.1. The summed E-state index contributed by atoms with van der Waals surface area (Å²) in [5.74, 6) is 0. The first-order valence-corrected chi connectivity index (χ1v) is 7.08. The summed E-state index contributed by atoms with van der Waals surface area (Å²) < 4.78 is 0. The second-order valence-corrected chi connectivity index (χ2v) is 5.58. The molecule has 0 amide bonds. The number of hydrogen-bond acceptors (Lipinski definition) is 4. The lowest BCUT2D eigenvalue weighted by Gasteiger charge is -2.24. The lowest BCUT2D eigenvalue weighted by Crippen LogP contribution is -2.34. The molecule has 2 N–H and O–H groups in total. The molecular weight excluding hydrogens is 236 g/mol. The monoisotopic (exact) mass is 262 g/mol. The van der Waals surface area contributed by atoms with Gasteiger partial charge in [-0.1, -0.05) is 18.2 Å². The molecule has 0 aliphatic carbocycles. The fraction of sp³-hybridized carbons (Fsp3) is 0.600. The number of para-hydroxylation sites is 1. The third kappa shape index (κ3) is 4.49. The molecule has 0 radical (unpaired) electrons. The first-order chi connectivity index (χ1) is 9.15. The maximum Gasteiger partial charge on any atom is 0.0359 e. The van der Waals surface area contributed by atoms with E-state index in [1.54, 1.807) is 0 Å². The molecule has 1 heterocycles. The normalized spacial score (nSPS) is 20.7. The minimum atomic E-state index is 0.907. The first kappa shape index (κ1) is 14.3. The van der Waals surface area contributed by atoms with E-state index in [0.29, 0.717) is 0 Å². The summed E-state index contributed by atoms with van der Waals surface area (Å²) >= 11 is 0. The number of benzene rings is 1. The quantitative estimate of drug-likeness (QED) is 0.805. The Balaban J connectivity index is 1.99. The van der Waals surface area contributed by atoms with Gasteiger partial charge in [-0.05, 0) is 25.7 Å². The van der Waals surface area contributed by atoms with E-state index in [2.05, 4.69) is 40.9 Å². The molecule has 0 saturated carbocycles. The SMILES string of the molecule is CN1CCN(C)CCN(Cc2ccccc2N)CC1. The fourth-order valence-corrected chi connectivity index (χ4v) is 2.38. The standard InChI is InChI=1S/C15H26N4/c1-17-7-8-18(2)10-12-19(11-9-17)13-14-5-3-4-6-15(14)16/h3-6H,7-13,16H2,1-2H3. The molecule has 1 aliphatic rings. The van der Waals surface area contributed by atoms with Crippen molar-refractivity contribution in [3.8, 4) is 0 Å². The predicted molar refractivity (Wildman–Crippen MR) is 81.1 cm³/mol. The summed E-state index contributed by atoms with van der Waals surface area (Å²) in [6.07, 6.45) is 0. The van der Waals surface area contributed by atoms with E-state index in [4.69, 9.17) is 5.73 Å². The highest BCUT2D eigenvalue weighted by Crippen LogP contribution is 2.13. The van der Waals surface area contributed by atoms with Crippen LogP contribution in [0.15, 0.2) is 24.3 Å². The molecule has 1 aromatic rings. The molecule has 1 aromatic carbocycles. The van der Waals surface area contributed by atoms with Crippen LogP contribution < -0.4 is 5.73 Å². The van der Waals surface area contributed by atoms with E-state index in [0.717, 1.165) is 51.5 Å². The van der Waals surface area contributed by atoms with E-state index in [9.17, 15) is 0 Å². The van der Waals surface area contributed by atoms with Gasteiger partial charge in [-0.15, -0.1) is 0 Å². The summed E-state index contributed by atoms with van der Waals surface area (Å²) in [4.78, 5) is 7.32. The van der Waals surface area contributed by atoms with Gasteiger partial charge in [-0.25, -0.2) is 0 Å². The molecular formula is C15H26N4. The van der Waals surface area contributed by atoms with Gasteiger partial charge in [0.1, 0.15) is 0 Å². The number of likely N-dealkylation sites (N-methyl/N-ethyl adjacent to an activating group) is 2. The summed E-state index contributed by atoms with van der Waals surface area (Å²) in [6.45, 7) is 7.72. The Hall–Kier alpha value is -1.10. The van der Waals surface area contributed by atoms with Crippen LogP contribution in [0.5, 0.6) is 0 Å². The molecule has 19 heavy (non-hydrogen) atoms. The smallest absolute Gasteiger partial charge is 0.0359 e. The summed E-state index contributed by atoms with van der Waals surface area (Å²) in [6, 6.07) is 8.19. The van der Waals surface area contributed by atoms with E-state index < -0.39 is 0 Å². The van der Waals surface area contributed by atoms with Crippen LogP contribution in [0.3, 0.4) is 0 Å². The van der Waals surface area contributed by atoms with Gasteiger partial charge in [0.2, 0.25) is 0 Å². The van der Waals surface area contributed by atoms with Crippen LogP contribution in [0, 0.1) is 0 Å². The van der Waals surface area contributed by atoms with E-state index in [-0.39, 0.29) is 0 Å². The molecule has 0 bridgehead atoms. The Labute approximate surface area is 116 Å². The molecule has 0 atom stereocenters. The van der Waals surface area contributed by atoms with Crippen molar-refractivity contribution in [3.05, 3.63) is 29.8 Å². The van der Waals surface area contributed by atoms with Gasteiger partial charge in [0.15, 0.2) is 0 Å². The molecule has 1 saturated heterocycles. The van der Waals surface area contributed by atoms with Crippen molar-refractivity contribution < 1.29 is 0 Å². The summed E-state index contributed by atoms with van der Waals surface area (Å²) in [7, 11) is 4.41. The maximum absolute atomic E-state index is 6.05. The van der Waals surface area contributed by atoms with Crippen LogP contribution in [0.2, 0.25) is 0 Å². The number of anilines is 1. The second kappa shape index (κ2) is 6.89. The van der Waals surface area contributed by atoms with Crippen LogP contribution >= 0.6 is 0 Å². The molecule has 0 unspecified atom stereocenters. The summed E-state index contributed by atoms with van der Waals surface area (Å²) in [5, 5.41) is 0. The second-order valence-electron chi connectivity index (χ2n) is 5.58. The highest BCUT2D eigenvalue weighted by atomic mass is 15.2. The molecule has 1 aliphatic heterocycles. The highest BCUT2D eigenvalue weighted by molar-refractivity contribution is 5.46. The topological polar surface area (TPSA) is 35.7 Å². The molecule has 0 spiro atoms. The number of nitrogens with two attached hydrogens (primary N) is 1. The Morgan fingerprint density at radius 1 is 0.895 bits per heavy atom. The number of hydrogen-bond donors (Lipinski definition) is 1. The lowest BCUT2D eigenvalue weighted by molar-refractivity contribution is 0.228. The van der Waals surface area contributed by atoms with E-state index in [1.165, 1.54) is 5.56 Å². The minimum Gasteiger partial charge on any atom is -0.398 e. The van der Waals surface area contributed by atoms with Crippen LogP contribution in [0.25, 0.3) is 0 Å². The Bertz CT molecular complexity index is 379. The van der Waals surface area contributed by atoms with Gasteiger partial charge in [0.05, 0.1) is 0 Å². The molecule has 106 valence electrons. The van der Waals surface area contributed by atoms with Crippen molar-refractivity contribution in [2.75, 3.05) is 59.1 Å². The van der Waals surface area contributed by atoms with Crippen LogP contribution in [-0.4, -0.2) is 68.1 Å². The largest absolute Gasteiger partial charge is 0.398 e. The molecule has 1 fully saturated rings. The van der Waals surface area contributed by atoms with Gasteiger partial charge in [0, 0.05) is 51.5 Å². The van der Waals surface area contributed by atoms with E-state index >= 15 is 0 Å². The molecule has 0 aromatic heterocycles. The zero-order chi connectivity index (χ0) is 13.7. The number of nitrogens with zero attached hydrogens (tertiary/aromatic N) is 3. The molecule has 2 rings (SSSR count).